The molecule has 2 aromatic carbocycles. The number of carbonyl (C=O) groups excluding carboxylic acids is 1. The van der Waals surface area contributed by atoms with Crippen LogP contribution in [-0.2, 0) is 0 Å². The Morgan fingerprint density at radius 1 is 1.05 bits per heavy atom. The minimum atomic E-state index is -0.456. The van der Waals surface area contributed by atoms with Crippen LogP contribution in [-0.4, -0.2) is 16.1 Å². The molecule has 0 spiro atoms. The van der Waals surface area contributed by atoms with Crippen LogP contribution < -0.4 is 5.32 Å². The average molecular weight is 257 g/mol. The number of hydrogen-bond acceptors (Lipinski definition) is 3. The van der Waals surface area contributed by atoms with Crippen molar-refractivity contribution in [3.63, 3.8) is 0 Å². The van der Waals surface area contributed by atoms with Crippen LogP contribution in [0.5, 0.6) is 11.5 Å². The van der Waals surface area contributed by atoms with E-state index in [2.05, 4.69) is 5.32 Å². The molecule has 0 aliphatic rings. The van der Waals surface area contributed by atoms with Crippen molar-refractivity contribution in [2.75, 3.05) is 5.32 Å². The number of phenolic OH excluding ortho intramolecular Hbond substituents is 2. The first-order chi connectivity index (χ1) is 8.97. The second-order valence-electron chi connectivity index (χ2n) is 4.47. The number of carbonyl (C=O) groups is 1. The molecule has 0 saturated heterocycles. The Balaban J connectivity index is 2.30. The van der Waals surface area contributed by atoms with E-state index in [1.165, 1.54) is 18.2 Å². The fraction of sp³-hybridized carbons (Fsp3) is 0.133. The zero-order valence-electron chi connectivity index (χ0n) is 10.8. The summed E-state index contributed by atoms with van der Waals surface area (Å²) in [6.45, 7) is 3.82. The van der Waals surface area contributed by atoms with E-state index in [9.17, 15) is 15.0 Å². The summed E-state index contributed by atoms with van der Waals surface area (Å²) in [6, 6.07) is 9.56. The number of amides is 1. The predicted molar refractivity (Wildman–Crippen MR) is 73.6 cm³/mol. The van der Waals surface area contributed by atoms with E-state index in [4.69, 9.17) is 0 Å². The molecule has 98 valence electrons. The smallest absolute Gasteiger partial charge is 0.259 e. The van der Waals surface area contributed by atoms with Gasteiger partial charge in [0.1, 0.15) is 11.5 Å². The Bertz CT molecular complexity index is 635. The Morgan fingerprint density at radius 3 is 2.53 bits per heavy atom. The maximum absolute atomic E-state index is 12.1. The zero-order valence-corrected chi connectivity index (χ0v) is 10.8. The third-order valence-corrected chi connectivity index (χ3v) is 2.87. The Labute approximate surface area is 111 Å². The number of phenols is 2. The summed E-state index contributed by atoms with van der Waals surface area (Å²) in [4.78, 5) is 12.1. The average Bonchev–Trinajstić information content (AvgIpc) is 2.36. The minimum absolute atomic E-state index is 0.0425. The Kier molecular flexibility index (Phi) is 3.42. The number of aryl methyl sites for hydroxylation is 2. The van der Waals surface area contributed by atoms with Crippen molar-refractivity contribution in [1.82, 2.24) is 0 Å². The standard InChI is InChI=1S/C15H15NO3/c1-9-3-4-10(2)13(7-9)16-15(19)12-8-11(17)5-6-14(12)18/h3-8,17-18H,1-2H3,(H,16,19). The van der Waals surface area contributed by atoms with Crippen LogP contribution in [0, 0.1) is 13.8 Å². The molecule has 0 unspecified atom stereocenters. The molecule has 0 aromatic heterocycles. The van der Waals surface area contributed by atoms with Gasteiger partial charge in [-0.1, -0.05) is 12.1 Å². The summed E-state index contributed by atoms with van der Waals surface area (Å²) < 4.78 is 0. The van der Waals surface area contributed by atoms with Crippen LogP contribution in [0.25, 0.3) is 0 Å². The van der Waals surface area contributed by atoms with E-state index in [-0.39, 0.29) is 17.1 Å². The topological polar surface area (TPSA) is 69.6 Å². The van der Waals surface area contributed by atoms with Crippen molar-refractivity contribution in [1.29, 1.82) is 0 Å². The summed E-state index contributed by atoms with van der Waals surface area (Å²) in [5.74, 6) is -0.688. The third-order valence-electron chi connectivity index (χ3n) is 2.87. The lowest BCUT2D eigenvalue weighted by Gasteiger charge is -2.10. The summed E-state index contributed by atoms with van der Waals surface area (Å²) in [7, 11) is 0. The predicted octanol–water partition coefficient (Wildman–Crippen LogP) is 2.97. The Hall–Kier alpha value is -2.49. The van der Waals surface area contributed by atoms with Gasteiger partial charge in [-0.05, 0) is 49.2 Å². The van der Waals surface area contributed by atoms with Crippen molar-refractivity contribution in [3.8, 4) is 11.5 Å². The maximum Gasteiger partial charge on any atom is 0.259 e. The molecule has 0 fully saturated rings. The largest absolute Gasteiger partial charge is 0.508 e. The number of anilines is 1. The van der Waals surface area contributed by atoms with Gasteiger partial charge in [0.15, 0.2) is 0 Å². The van der Waals surface area contributed by atoms with Crippen LogP contribution in [0.15, 0.2) is 36.4 Å². The fourth-order valence-electron chi connectivity index (χ4n) is 1.77. The van der Waals surface area contributed by atoms with Crippen molar-refractivity contribution < 1.29 is 15.0 Å². The van der Waals surface area contributed by atoms with Gasteiger partial charge in [0.05, 0.1) is 5.56 Å². The first kappa shape index (κ1) is 13.0. The fourth-order valence-corrected chi connectivity index (χ4v) is 1.77. The lowest BCUT2D eigenvalue weighted by molar-refractivity contribution is 0.102. The summed E-state index contributed by atoms with van der Waals surface area (Å²) in [5.41, 5.74) is 2.69. The van der Waals surface area contributed by atoms with E-state index in [0.29, 0.717) is 5.69 Å². The normalized spacial score (nSPS) is 10.2. The monoisotopic (exact) mass is 257 g/mol. The van der Waals surface area contributed by atoms with Crippen LogP contribution in [0.1, 0.15) is 21.5 Å². The van der Waals surface area contributed by atoms with Crippen molar-refractivity contribution in [2.45, 2.75) is 13.8 Å². The number of aromatic hydroxyl groups is 2. The molecular weight excluding hydrogens is 242 g/mol. The maximum atomic E-state index is 12.1. The van der Waals surface area contributed by atoms with Crippen molar-refractivity contribution in [2.24, 2.45) is 0 Å². The molecule has 0 atom stereocenters. The highest BCUT2D eigenvalue weighted by molar-refractivity contribution is 6.06. The molecule has 19 heavy (non-hydrogen) atoms. The van der Waals surface area contributed by atoms with Gasteiger partial charge >= 0.3 is 0 Å². The highest BCUT2D eigenvalue weighted by atomic mass is 16.3. The van der Waals surface area contributed by atoms with Crippen LogP contribution in [0.4, 0.5) is 5.69 Å². The number of benzene rings is 2. The number of nitrogens with one attached hydrogen (secondary N) is 1. The van der Waals surface area contributed by atoms with Crippen LogP contribution >= 0.6 is 0 Å². The molecular formula is C15H15NO3. The molecule has 0 heterocycles. The van der Waals surface area contributed by atoms with Gasteiger partial charge in [0, 0.05) is 5.69 Å². The van der Waals surface area contributed by atoms with E-state index in [0.717, 1.165) is 11.1 Å². The van der Waals surface area contributed by atoms with Gasteiger partial charge in [-0.25, -0.2) is 0 Å². The zero-order chi connectivity index (χ0) is 14.0. The summed E-state index contributed by atoms with van der Waals surface area (Å²) in [6.07, 6.45) is 0. The summed E-state index contributed by atoms with van der Waals surface area (Å²) in [5, 5.41) is 21.7. The minimum Gasteiger partial charge on any atom is -0.508 e. The van der Waals surface area contributed by atoms with Crippen LogP contribution in [0.2, 0.25) is 0 Å². The molecule has 0 aliphatic heterocycles. The van der Waals surface area contributed by atoms with Gasteiger partial charge < -0.3 is 15.5 Å². The van der Waals surface area contributed by atoms with Gasteiger partial charge in [0.25, 0.3) is 5.91 Å². The van der Waals surface area contributed by atoms with E-state index >= 15 is 0 Å². The number of rotatable bonds is 2. The third kappa shape index (κ3) is 2.85. The van der Waals surface area contributed by atoms with E-state index in [1.807, 2.05) is 32.0 Å². The molecule has 1 amide bonds. The quantitative estimate of drug-likeness (QED) is 0.724. The number of hydrogen-bond donors (Lipinski definition) is 3. The Morgan fingerprint density at radius 2 is 1.79 bits per heavy atom. The first-order valence-electron chi connectivity index (χ1n) is 5.88. The molecule has 2 rings (SSSR count). The highest BCUT2D eigenvalue weighted by Gasteiger charge is 2.13. The molecule has 4 nitrogen and oxygen atoms in total. The molecule has 0 saturated carbocycles. The molecule has 0 bridgehead atoms. The van der Waals surface area contributed by atoms with Crippen molar-refractivity contribution >= 4 is 11.6 Å². The second kappa shape index (κ2) is 5.02. The molecule has 2 aromatic rings. The highest BCUT2D eigenvalue weighted by Crippen LogP contribution is 2.24. The van der Waals surface area contributed by atoms with Gasteiger partial charge in [-0.2, -0.15) is 0 Å². The molecule has 0 aliphatic carbocycles. The SMILES string of the molecule is Cc1ccc(C)c(NC(=O)c2cc(O)ccc2O)c1. The first-order valence-corrected chi connectivity index (χ1v) is 5.88. The second-order valence-corrected chi connectivity index (χ2v) is 4.47. The molecule has 4 heteroatoms. The summed E-state index contributed by atoms with van der Waals surface area (Å²) >= 11 is 0. The lowest BCUT2D eigenvalue weighted by Crippen LogP contribution is -2.13. The van der Waals surface area contributed by atoms with Gasteiger partial charge in [-0.15, -0.1) is 0 Å². The lowest BCUT2D eigenvalue weighted by atomic mass is 10.1. The molecule has 0 radical (unpaired) electrons. The van der Waals surface area contributed by atoms with Crippen LogP contribution in [0.3, 0.4) is 0 Å². The van der Waals surface area contributed by atoms with Crippen molar-refractivity contribution in [3.05, 3.63) is 53.1 Å². The van der Waals surface area contributed by atoms with E-state index in [1.54, 1.807) is 0 Å². The van der Waals surface area contributed by atoms with E-state index < -0.39 is 5.91 Å². The van der Waals surface area contributed by atoms with Gasteiger partial charge in [0.2, 0.25) is 0 Å². The van der Waals surface area contributed by atoms with Gasteiger partial charge in [-0.3, -0.25) is 4.79 Å². The molecule has 3 N–H and O–H groups in total.